The topological polar surface area (TPSA) is 120 Å². The van der Waals surface area contributed by atoms with Crippen molar-refractivity contribution in [3.05, 3.63) is 33.9 Å². The highest BCUT2D eigenvalue weighted by molar-refractivity contribution is 7.89. The normalized spacial score (nSPS) is 11.1. The first-order valence-electron chi connectivity index (χ1n) is 4.05. The summed E-state index contributed by atoms with van der Waals surface area (Å²) in [6, 6.07) is 2.81. The van der Waals surface area contributed by atoms with E-state index in [1.165, 1.54) is 6.92 Å². The number of sulfonamides is 1. The Morgan fingerprint density at radius 3 is 2.31 bits per heavy atom. The van der Waals surface area contributed by atoms with E-state index >= 15 is 0 Å². The first kappa shape index (κ1) is 12.3. The van der Waals surface area contributed by atoms with Crippen molar-refractivity contribution in [3.8, 4) is 0 Å². The second kappa shape index (κ2) is 3.99. The van der Waals surface area contributed by atoms with E-state index in [2.05, 4.69) is 0 Å². The SMILES string of the molecule is CC(=O)c1cc([N+](=O)[O-])cc(S(N)(=O)=O)c1. The second-order valence-corrected chi connectivity index (χ2v) is 4.64. The van der Waals surface area contributed by atoms with Gasteiger partial charge in [-0.25, -0.2) is 13.6 Å². The van der Waals surface area contributed by atoms with Crippen LogP contribution in [0.5, 0.6) is 0 Å². The molecule has 1 rings (SSSR count). The Balaban J connectivity index is 3.54. The number of rotatable bonds is 3. The fourth-order valence-corrected chi connectivity index (χ4v) is 1.63. The van der Waals surface area contributed by atoms with Crippen LogP contribution < -0.4 is 5.14 Å². The van der Waals surface area contributed by atoms with E-state index in [4.69, 9.17) is 5.14 Å². The van der Waals surface area contributed by atoms with Crippen LogP contribution in [0, 0.1) is 10.1 Å². The number of hydrogen-bond acceptors (Lipinski definition) is 5. The van der Waals surface area contributed by atoms with Gasteiger partial charge in [0.1, 0.15) is 0 Å². The second-order valence-electron chi connectivity index (χ2n) is 3.07. The third kappa shape index (κ3) is 2.61. The number of hydrogen-bond donors (Lipinski definition) is 1. The summed E-state index contributed by atoms with van der Waals surface area (Å²) >= 11 is 0. The quantitative estimate of drug-likeness (QED) is 0.470. The predicted molar refractivity (Wildman–Crippen MR) is 54.5 cm³/mol. The van der Waals surface area contributed by atoms with Crippen molar-refractivity contribution in [1.82, 2.24) is 0 Å². The standard InChI is InChI=1S/C8H8N2O5S/c1-5(11)6-2-7(10(12)13)4-8(3-6)16(9,14)15/h2-4H,1H3,(H2,9,14,15). The van der Waals surface area contributed by atoms with Gasteiger partial charge in [-0.05, 0) is 13.0 Å². The van der Waals surface area contributed by atoms with Crippen molar-refractivity contribution < 1.29 is 18.1 Å². The smallest absolute Gasteiger partial charge is 0.271 e. The van der Waals surface area contributed by atoms with Crippen LogP contribution in [0.3, 0.4) is 0 Å². The molecule has 0 aliphatic heterocycles. The number of carbonyl (C=O) groups excluding carboxylic acids is 1. The third-order valence-corrected chi connectivity index (χ3v) is 2.73. The lowest BCUT2D eigenvalue weighted by Crippen LogP contribution is -2.13. The van der Waals surface area contributed by atoms with Crippen LogP contribution in [0.15, 0.2) is 23.1 Å². The van der Waals surface area contributed by atoms with Crippen LogP contribution in [-0.4, -0.2) is 19.1 Å². The molecule has 0 unspecified atom stereocenters. The van der Waals surface area contributed by atoms with E-state index in [0.29, 0.717) is 0 Å². The molecule has 86 valence electrons. The number of nitro benzene ring substituents is 1. The van der Waals surface area contributed by atoms with Gasteiger partial charge in [-0.15, -0.1) is 0 Å². The number of nitrogens with zero attached hydrogens (tertiary/aromatic N) is 1. The summed E-state index contributed by atoms with van der Waals surface area (Å²) in [5.41, 5.74) is -0.560. The molecule has 2 N–H and O–H groups in total. The first-order chi connectivity index (χ1) is 7.21. The zero-order valence-corrected chi connectivity index (χ0v) is 9.02. The Bertz CT molecular complexity index is 532. The maximum Gasteiger partial charge on any atom is 0.271 e. The Morgan fingerprint density at radius 1 is 1.38 bits per heavy atom. The summed E-state index contributed by atoms with van der Waals surface area (Å²) < 4.78 is 22.1. The lowest BCUT2D eigenvalue weighted by atomic mass is 10.1. The average Bonchev–Trinajstić information content (AvgIpc) is 2.15. The van der Waals surface area contributed by atoms with E-state index in [1.54, 1.807) is 0 Å². The van der Waals surface area contributed by atoms with E-state index in [9.17, 15) is 23.3 Å². The molecule has 0 spiro atoms. The number of nitro groups is 1. The van der Waals surface area contributed by atoms with Gasteiger partial charge in [0.2, 0.25) is 10.0 Å². The monoisotopic (exact) mass is 244 g/mol. The zero-order chi connectivity index (χ0) is 12.5. The van der Waals surface area contributed by atoms with Crippen LogP contribution in [-0.2, 0) is 10.0 Å². The highest BCUT2D eigenvalue weighted by Gasteiger charge is 2.17. The van der Waals surface area contributed by atoms with Crippen molar-refractivity contribution in [2.24, 2.45) is 5.14 Å². The van der Waals surface area contributed by atoms with Crippen molar-refractivity contribution >= 4 is 21.5 Å². The molecule has 0 radical (unpaired) electrons. The van der Waals surface area contributed by atoms with Crippen molar-refractivity contribution in [1.29, 1.82) is 0 Å². The van der Waals surface area contributed by atoms with Gasteiger partial charge in [-0.1, -0.05) is 0 Å². The average molecular weight is 244 g/mol. The van der Waals surface area contributed by atoms with Gasteiger partial charge in [-0.3, -0.25) is 14.9 Å². The Hall–Kier alpha value is -1.80. The number of benzene rings is 1. The Labute approximate surface area is 91.1 Å². The zero-order valence-electron chi connectivity index (χ0n) is 8.21. The van der Waals surface area contributed by atoms with Gasteiger partial charge in [0.15, 0.2) is 5.78 Å². The molecule has 7 nitrogen and oxygen atoms in total. The fraction of sp³-hybridized carbons (Fsp3) is 0.125. The minimum Gasteiger partial charge on any atom is -0.295 e. The van der Waals surface area contributed by atoms with Gasteiger partial charge >= 0.3 is 0 Å². The maximum atomic E-state index is 11.0. The summed E-state index contributed by atoms with van der Waals surface area (Å²) in [6.07, 6.45) is 0. The molecular formula is C8H8N2O5S. The lowest BCUT2D eigenvalue weighted by molar-refractivity contribution is -0.385. The van der Waals surface area contributed by atoms with Crippen LogP contribution >= 0.6 is 0 Å². The lowest BCUT2D eigenvalue weighted by Gasteiger charge is -2.01. The number of ketones is 1. The van der Waals surface area contributed by atoms with Crippen molar-refractivity contribution in [2.75, 3.05) is 0 Å². The molecule has 0 aliphatic carbocycles. The van der Waals surface area contributed by atoms with Gasteiger partial charge < -0.3 is 0 Å². The molecule has 0 aromatic heterocycles. The van der Waals surface area contributed by atoms with E-state index in [1.807, 2.05) is 0 Å². The number of nitrogens with two attached hydrogens (primary N) is 1. The molecule has 0 atom stereocenters. The largest absolute Gasteiger partial charge is 0.295 e. The summed E-state index contributed by atoms with van der Waals surface area (Å²) in [7, 11) is -4.07. The molecule has 0 saturated carbocycles. The van der Waals surface area contributed by atoms with Crippen LogP contribution in [0.2, 0.25) is 0 Å². The highest BCUT2D eigenvalue weighted by atomic mass is 32.2. The molecular weight excluding hydrogens is 236 g/mol. The maximum absolute atomic E-state index is 11.0. The molecule has 0 heterocycles. The van der Waals surface area contributed by atoms with Gasteiger partial charge in [0, 0.05) is 17.7 Å². The van der Waals surface area contributed by atoms with Crippen LogP contribution in [0.25, 0.3) is 0 Å². The van der Waals surface area contributed by atoms with Crippen LogP contribution in [0.4, 0.5) is 5.69 Å². The van der Waals surface area contributed by atoms with Crippen LogP contribution in [0.1, 0.15) is 17.3 Å². The van der Waals surface area contributed by atoms with E-state index < -0.39 is 31.3 Å². The molecule has 0 aliphatic rings. The predicted octanol–water partition coefficient (Wildman–Crippen LogP) is 0.445. The summed E-state index contributed by atoms with van der Waals surface area (Å²) in [6.45, 7) is 1.17. The molecule has 8 heteroatoms. The molecule has 16 heavy (non-hydrogen) atoms. The van der Waals surface area contributed by atoms with Gasteiger partial charge in [-0.2, -0.15) is 0 Å². The number of carbonyl (C=O) groups is 1. The summed E-state index contributed by atoms with van der Waals surface area (Å²) in [5.74, 6) is -0.478. The summed E-state index contributed by atoms with van der Waals surface area (Å²) in [5, 5.41) is 15.3. The number of non-ortho nitro benzene ring substituents is 1. The molecule has 1 aromatic rings. The molecule has 0 fully saturated rings. The van der Waals surface area contributed by atoms with E-state index in [0.717, 1.165) is 18.2 Å². The van der Waals surface area contributed by atoms with Crippen molar-refractivity contribution in [3.63, 3.8) is 0 Å². The number of primary sulfonamides is 1. The molecule has 0 amide bonds. The van der Waals surface area contributed by atoms with Gasteiger partial charge in [0.25, 0.3) is 5.69 Å². The highest BCUT2D eigenvalue weighted by Crippen LogP contribution is 2.20. The number of Topliss-reactive ketones (excluding diaryl/α,β-unsaturated/α-hetero) is 1. The minimum atomic E-state index is -4.07. The fourth-order valence-electron chi connectivity index (χ4n) is 1.06. The third-order valence-electron chi connectivity index (χ3n) is 1.84. The molecule has 1 aromatic carbocycles. The summed E-state index contributed by atoms with van der Waals surface area (Å²) in [4.78, 5) is 20.3. The molecule has 0 bridgehead atoms. The van der Waals surface area contributed by atoms with Gasteiger partial charge in [0.05, 0.1) is 9.82 Å². The first-order valence-corrected chi connectivity index (χ1v) is 5.59. The Kier molecular flexibility index (Phi) is 3.06. The minimum absolute atomic E-state index is 0.0711. The molecule has 0 saturated heterocycles. The van der Waals surface area contributed by atoms with E-state index in [-0.39, 0.29) is 5.56 Å². The van der Waals surface area contributed by atoms with Crippen molar-refractivity contribution in [2.45, 2.75) is 11.8 Å². The Morgan fingerprint density at radius 2 is 1.94 bits per heavy atom.